The van der Waals surface area contributed by atoms with Crippen LogP contribution in [0.3, 0.4) is 0 Å². The maximum Gasteiger partial charge on any atom is 0.212 e. The van der Waals surface area contributed by atoms with Crippen LogP contribution in [0.5, 0.6) is 0 Å². The largest absolute Gasteiger partial charge is 0.212 e. The molecular formula is C8H16N2O2S. The molecule has 0 aromatic rings. The lowest BCUT2D eigenvalue weighted by Gasteiger charge is -2.21. The molecule has 0 saturated carbocycles. The van der Waals surface area contributed by atoms with Gasteiger partial charge in [0.05, 0.1) is 12.3 Å². The van der Waals surface area contributed by atoms with Gasteiger partial charge in [-0.05, 0) is 12.3 Å². The van der Waals surface area contributed by atoms with Crippen LogP contribution in [-0.2, 0) is 10.0 Å². The summed E-state index contributed by atoms with van der Waals surface area (Å²) in [6.07, 6.45) is 1.68. The molecule has 13 heavy (non-hydrogen) atoms. The highest BCUT2D eigenvalue weighted by Gasteiger charge is 2.22. The van der Waals surface area contributed by atoms with E-state index in [1.807, 2.05) is 19.9 Å². The summed E-state index contributed by atoms with van der Waals surface area (Å²) in [5.74, 6) is 0.314. The second-order valence-corrected chi connectivity index (χ2v) is 5.60. The highest BCUT2D eigenvalue weighted by Crippen LogP contribution is 2.11. The monoisotopic (exact) mass is 204 g/mol. The first-order chi connectivity index (χ1) is 5.79. The maximum absolute atomic E-state index is 11.1. The van der Waals surface area contributed by atoms with Gasteiger partial charge in [0.25, 0.3) is 0 Å². The van der Waals surface area contributed by atoms with Gasteiger partial charge in [0, 0.05) is 7.05 Å². The van der Waals surface area contributed by atoms with E-state index in [4.69, 9.17) is 5.26 Å². The third-order valence-corrected chi connectivity index (χ3v) is 3.11. The molecule has 5 heteroatoms. The predicted molar refractivity (Wildman–Crippen MR) is 51.5 cm³/mol. The Morgan fingerprint density at radius 2 is 1.92 bits per heavy atom. The Bertz CT molecular complexity index is 290. The topological polar surface area (TPSA) is 61.2 Å². The lowest BCUT2D eigenvalue weighted by Crippen LogP contribution is -2.36. The Morgan fingerprint density at radius 1 is 1.46 bits per heavy atom. The van der Waals surface area contributed by atoms with E-state index in [-0.39, 0.29) is 0 Å². The lowest BCUT2D eigenvalue weighted by atomic mass is 10.1. The molecule has 0 bridgehead atoms. The van der Waals surface area contributed by atoms with E-state index in [1.54, 1.807) is 0 Å². The molecule has 0 fully saturated rings. The van der Waals surface area contributed by atoms with Gasteiger partial charge in [0.15, 0.2) is 0 Å². The van der Waals surface area contributed by atoms with E-state index < -0.39 is 16.1 Å². The Hall–Kier alpha value is -0.600. The zero-order valence-corrected chi connectivity index (χ0v) is 9.30. The number of nitriles is 1. The Balaban J connectivity index is 4.54. The Morgan fingerprint density at radius 3 is 2.15 bits per heavy atom. The fourth-order valence-corrected chi connectivity index (χ4v) is 1.56. The van der Waals surface area contributed by atoms with Gasteiger partial charge in [-0.15, -0.1) is 0 Å². The van der Waals surface area contributed by atoms with E-state index in [2.05, 4.69) is 0 Å². The van der Waals surface area contributed by atoms with Crippen LogP contribution in [0.4, 0.5) is 0 Å². The van der Waals surface area contributed by atoms with Crippen LogP contribution in [0.15, 0.2) is 0 Å². The van der Waals surface area contributed by atoms with Crippen molar-refractivity contribution in [1.82, 2.24) is 4.31 Å². The minimum atomic E-state index is -3.25. The average Bonchev–Trinajstić information content (AvgIpc) is 1.96. The minimum Gasteiger partial charge on any atom is -0.212 e. The SMILES string of the molecule is CC(C)CC(C#N)N(C)S(C)(=O)=O. The van der Waals surface area contributed by atoms with E-state index >= 15 is 0 Å². The molecule has 1 atom stereocenters. The van der Waals surface area contributed by atoms with Gasteiger partial charge in [-0.2, -0.15) is 9.57 Å². The fraction of sp³-hybridized carbons (Fsp3) is 0.875. The first-order valence-electron chi connectivity index (χ1n) is 4.11. The van der Waals surface area contributed by atoms with Crippen LogP contribution in [-0.4, -0.2) is 32.1 Å². The summed E-state index contributed by atoms with van der Waals surface area (Å²) in [7, 11) is -1.81. The van der Waals surface area contributed by atoms with E-state index in [0.717, 1.165) is 10.6 Å². The molecule has 0 aliphatic heterocycles. The zero-order valence-electron chi connectivity index (χ0n) is 8.48. The van der Waals surface area contributed by atoms with Gasteiger partial charge in [-0.3, -0.25) is 0 Å². The van der Waals surface area contributed by atoms with Gasteiger partial charge >= 0.3 is 0 Å². The number of sulfonamides is 1. The van der Waals surface area contributed by atoms with Gasteiger partial charge in [0.2, 0.25) is 10.0 Å². The normalized spacial score (nSPS) is 14.5. The molecule has 0 saturated heterocycles. The molecule has 0 aromatic heterocycles. The number of hydrogen-bond acceptors (Lipinski definition) is 3. The summed E-state index contributed by atoms with van der Waals surface area (Å²) in [5, 5.41) is 8.75. The van der Waals surface area contributed by atoms with Gasteiger partial charge in [0.1, 0.15) is 6.04 Å². The summed E-state index contributed by atoms with van der Waals surface area (Å²) >= 11 is 0. The van der Waals surface area contributed by atoms with Gasteiger partial charge in [-0.1, -0.05) is 13.8 Å². The van der Waals surface area contributed by atoms with Crippen molar-refractivity contribution in [3.05, 3.63) is 0 Å². The third-order valence-electron chi connectivity index (χ3n) is 1.81. The molecule has 0 rings (SSSR count). The summed E-state index contributed by atoms with van der Waals surface area (Å²) in [5.41, 5.74) is 0. The Kier molecular flexibility index (Phi) is 4.37. The molecule has 4 nitrogen and oxygen atoms in total. The first-order valence-corrected chi connectivity index (χ1v) is 5.96. The van der Waals surface area contributed by atoms with Crippen molar-refractivity contribution in [3.63, 3.8) is 0 Å². The van der Waals surface area contributed by atoms with Crippen molar-refractivity contribution in [3.8, 4) is 6.07 Å². The maximum atomic E-state index is 11.1. The van der Waals surface area contributed by atoms with Crippen LogP contribution in [0.25, 0.3) is 0 Å². The smallest absolute Gasteiger partial charge is 0.212 e. The number of hydrogen-bond donors (Lipinski definition) is 0. The Labute approximate surface area is 80.2 Å². The van der Waals surface area contributed by atoms with Crippen LogP contribution >= 0.6 is 0 Å². The molecular weight excluding hydrogens is 188 g/mol. The molecule has 76 valence electrons. The zero-order chi connectivity index (χ0) is 10.6. The molecule has 0 radical (unpaired) electrons. The average molecular weight is 204 g/mol. The minimum absolute atomic E-state index is 0.314. The second kappa shape index (κ2) is 4.58. The number of rotatable bonds is 4. The molecule has 0 aliphatic carbocycles. The molecule has 0 aliphatic rings. The van der Waals surface area contributed by atoms with Gasteiger partial charge < -0.3 is 0 Å². The van der Waals surface area contributed by atoms with Crippen LogP contribution in [0.2, 0.25) is 0 Å². The van der Waals surface area contributed by atoms with E-state index in [1.165, 1.54) is 7.05 Å². The second-order valence-electron chi connectivity index (χ2n) is 3.55. The number of nitrogens with zero attached hydrogens (tertiary/aromatic N) is 2. The summed E-state index contributed by atoms with van der Waals surface area (Å²) in [6, 6.07) is 1.44. The summed E-state index contributed by atoms with van der Waals surface area (Å²) < 4.78 is 23.3. The lowest BCUT2D eigenvalue weighted by molar-refractivity contribution is 0.374. The highest BCUT2D eigenvalue weighted by atomic mass is 32.2. The van der Waals surface area contributed by atoms with Crippen molar-refractivity contribution in [1.29, 1.82) is 5.26 Å². The van der Waals surface area contributed by atoms with Crippen molar-refractivity contribution >= 4 is 10.0 Å². The van der Waals surface area contributed by atoms with Crippen LogP contribution in [0, 0.1) is 17.2 Å². The van der Waals surface area contributed by atoms with Crippen molar-refractivity contribution in [2.45, 2.75) is 26.3 Å². The molecule has 0 aromatic carbocycles. The standard InChI is InChI=1S/C8H16N2O2S/c1-7(2)5-8(6-9)10(3)13(4,11)12/h7-8H,5H2,1-4H3. The summed E-state index contributed by atoms with van der Waals surface area (Å²) in [4.78, 5) is 0. The van der Waals surface area contributed by atoms with Crippen LogP contribution in [0.1, 0.15) is 20.3 Å². The molecule has 0 spiro atoms. The van der Waals surface area contributed by atoms with Crippen molar-refractivity contribution in [2.75, 3.05) is 13.3 Å². The van der Waals surface area contributed by atoms with Crippen molar-refractivity contribution < 1.29 is 8.42 Å². The van der Waals surface area contributed by atoms with E-state index in [0.29, 0.717) is 12.3 Å². The van der Waals surface area contributed by atoms with Crippen LogP contribution < -0.4 is 0 Å². The molecule has 0 N–H and O–H groups in total. The fourth-order valence-electron chi connectivity index (χ4n) is 0.960. The third kappa shape index (κ3) is 4.25. The van der Waals surface area contributed by atoms with Gasteiger partial charge in [-0.25, -0.2) is 8.42 Å². The molecule has 1 unspecified atom stereocenters. The predicted octanol–water partition coefficient (Wildman–Crippen LogP) is 0.816. The van der Waals surface area contributed by atoms with Crippen molar-refractivity contribution in [2.24, 2.45) is 5.92 Å². The molecule has 0 heterocycles. The highest BCUT2D eigenvalue weighted by molar-refractivity contribution is 7.88. The first kappa shape index (κ1) is 12.4. The summed E-state index contributed by atoms with van der Waals surface area (Å²) in [6.45, 7) is 3.92. The molecule has 0 amide bonds. The van der Waals surface area contributed by atoms with E-state index in [9.17, 15) is 8.42 Å². The quantitative estimate of drug-likeness (QED) is 0.681.